The Morgan fingerprint density at radius 2 is 2.00 bits per heavy atom. The van der Waals surface area contributed by atoms with Crippen molar-refractivity contribution in [3.63, 3.8) is 0 Å². The quantitative estimate of drug-likeness (QED) is 0.463. The highest BCUT2D eigenvalue weighted by molar-refractivity contribution is 5.77. The van der Waals surface area contributed by atoms with Crippen LogP contribution in [0, 0.1) is 0 Å². The van der Waals surface area contributed by atoms with Crippen molar-refractivity contribution in [2.45, 2.75) is 0 Å². The summed E-state index contributed by atoms with van der Waals surface area (Å²) in [6, 6.07) is 0. The fraction of sp³-hybridized carbons (Fsp3) is 0.500. The Bertz CT molecular complexity index is 138. The molecule has 0 aromatic carbocycles. The van der Waals surface area contributed by atoms with Crippen molar-refractivity contribution in [1.29, 1.82) is 0 Å². The highest BCUT2D eigenvalue weighted by Crippen LogP contribution is 1.69. The minimum atomic E-state index is -0.641. The van der Waals surface area contributed by atoms with Crippen molar-refractivity contribution >= 4 is 11.8 Å². The zero-order valence-electron chi connectivity index (χ0n) is 5.72. The van der Waals surface area contributed by atoms with E-state index in [0.717, 1.165) is 0 Å². The average Bonchev–Trinajstić information content (AvgIpc) is 1.87. The first-order chi connectivity index (χ1) is 4.66. The second-order valence-electron chi connectivity index (χ2n) is 1.38. The molecule has 0 rings (SSSR count). The summed E-state index contributed by atoms with van der Waals surface area (Å²) in [4.78, 5) is 20.2. The van der Waals surface area contributed by atoms with Crippen LogP contribution in [0.1, 0.15) is 0 Å². The maximum atomic E-state index is 10.2. The Balaban J connectivity index is 3.20. The van der Waals surface area contributed by atoms with E-state index in [4.69, 9.17) is 1.41 Å². The van der Waals surface area contributed by atoms with Gasteiger partial charge in [0.05, 0.1) is 0 Å². The van der Waals surface area contributed by atoms with E-state index < -0.39 is 11.8 Å². The van der Waals surface area contributed by atoms with Crippen LogP contribution >= 0.6 is 0 Å². The van der Waals surface area contributed by atoms with Gasteiger partial charge in [0.2, 0.25) is 11.8 Å². The average molecular weight is 133 g/mol. The second kappa shape index (κ2) is 3.85. The SMILES string of the molecule is [2H]NC(=O)COCC(N)=O. The monoisotopic (exact) mass is 133 g/mol. The van der Waals surface area contributed by atoms with Gasteiger partial charge in [-0.3, -0.25) is 9.59 Å². The summed E-state index contributed by atoms with van der Waals surface area (Å²) in [7, 11) is 0. The summed E-state index contributed by atoms with van der Waals surface area (Å²) in [5.41, 5.74) is 6.25. The van der Waals surface area contributed by atoms with Crippen molar-refractivity contribution in [2.75, 3.05) is 13.2 Å². The van der Waals surface area contributed by atoms with E-state index in [2.05, 4.69) is 10.5 Å². The predicted octanol–water partition coefficient (Wildman–Crippen LogP) is -2.03. The molecular formula is C4H8N2O3. The molecule has 0 aromatic heterocycles. The lowest BCUT2D eigenvalue weighted by molar-refractivity contribution is -0.127. The Hall–Kier alpha value is -1.10. The van der Waals surface area contributed by atoms with Gasteiger partial charge in [-0.25, -0.2) is 0 Å². The van der Waals surface area contributed by atoms with Gasteiger partial charge in [-0.05, 0) is 0 Å². The number of amides is 2. The van der Waals surface area contributed by atoms with Gasteiger partial charge in [0.1, 0.15) is 13.2 Å². The van der Waals surface area contributed by atoms with Crippen LogP contribution in [0.15, 0.2) is 0 Å². The van der Waals surface area contributed by atoms with Gasteiger partial charge in [-0.15, -0.1) is 0 Å². The number of hydrogen-bond donors (Lipinski definition) is 2. The molecule has 9 heavy (non-hydrogen) atoms. The number of primary amides is 2. The molecule has 0 unspecified atom stereocenters. The second-order valence-corrected chi connectivity index (χ2v) is 1.38. The number of hydrogen-bond acceptors (Lipinski definition) is 3. The smallest absolute Gasteiger partial charge is 0.243 e. The van der Waals surface area contributed by atoms with Gasteiger partial charge in [-0.1, -0.05) is 0 Å². The number of rotatable bonds is 4. The van der Waals surface area contributed by atoms with Crippen LogP contribution in [-0.2, 0) is 14.3 Å². The van der Waals surface area contributed by atoms with Crippen molar-refractivity contribution in [2.24, 2.45) is 11.5 Å². The first kappa shape index (κ1) is 6.03. The molecule has 2 amide bonds. The Morgan fingerprint density at radius 3 is 2.44 bits per heavy atom. The number of carbonyl (C=O) groups is 2. The molecule has 52 valence electrons. The van der Waals surface area contributed by atoms with Crippen LogP contribution in [0.4, 0.5) is 0 Å². The molecule has 0 atom stereocenters. The molecule has 0 aromatic rings. The van der Waals surface area contributed by atoms with E-state index in [1.165, 1.54) is 0 Å². The van der Waals surface area contributed by atoms with E-state index in [1.54, 1.807) is 5.73 Å². The van der Waals surface area contributed by atoms with Crippen LogP contribution in [0.5, 0.6) is 0 Å². The zero-order valence-corrected chi connectivity index (χ0v) is 4.72. The van der Waals surface area contributed by atoms with Gasteiger partial charge in [-0.2, -0.15) is 0 Å². The Kier molecular flexibility index (Phi) is 2.58. The summed E-state index contributed by atoms with van der Waals surface area (Å²) >= 11 is 0. The van der Waals surface area contributed by atoms with Crippen molar-refractivity contribution in [1.82, 2.24) is 0 Å². The molecule has 0 saturated heterocycles. The third-order valence-electron chi connectivity index (χ3n) is 0.477. The van der Waals surface area contributed by atoms with Crippen LogP contribution in [0.3, 0.4) is 0 Å². The van der Waals surface area contributed by atoms with Gasteiger partial charge < -0.3 is 16.2 Å². The number of ether oxygens (including phenoxy) is 1. The molecule has 0 saturated carbocycles. The van der Waals surface area contributed by atoms with Crippen LogP contribution in [-0.4, -0.2) is 25.0 Å². The third-order valence-corrected chi connectivity index (χ3v) is 0.477. The van der Waals surface area contributed by atoms with E-state index in [-0.39, 0.29) is 13.2 Å². The fourth-order valence-corrected chi connectivity index (χ4v) is 0.244. The Labute approximate surface area is 53.4 Å². The number of nitrogens with two attached hydrogens (primary N) is 2. The topological polar surface area (TPSA) is 95.4 Å². The summed E-state index contributed by atoms with van der Waals surface area (Å²) in [5.74, 6) is -1.25. The highest BCUT2D eigenvalue weighted by atomic mass is 16.5. The van der Waals surface area contributed by atoms with Gasteiger partial charge in [0, 0.05) is 0 Å². The molecule has 0 radical (unpaired) electrons. The first-order valence-electron chi connectivity index (χ1n) is 2.73. The van der Waals surface area contributed by atoms with Crippen LogP contribution in [0.25, 0.3) is 0 Å². The largest absolute Gasteiger partial charge is 0.368 e. The van der Waals surface area contributed by atoms with Crippen LogP contribution in [0.2, 0.25) is 1.41 Å². The first-order valence-corrected chi connectivity index (χ1v) is 2.23. The molecule has 0 heterocycles. The Morgan fingerprint density at radius 1 is 1.44 bits per heavy atom. The molecule has 5 heteroatoms. The molecule has 0 aliphatic rings. The minimum absolute atomic E-state index is 0.298. The van der Waals surface area contributed by atoms with E-state index >= 15 is 0 Å². The molecule has 0 spiro atoms. The lowest BCUT2D eigenvalue weighted by Gasteiger charge is -1.94. The number of carbonyl (C=O) groups excluding carboxylic acids is 2. The van der Waals surface area contributed by atoms with E-state index in [0.29, 0.717) is 0 Å². The van der Waals surface area contributed by atoms with Gasteiger partial charge in [0.25, 0.3) is 0 Å². The van der Waals surface area contributed by atoms with Gasteiger partial charge in [0.15, 0.2) is 1.41 Å². The summed E-state index contributed by atoms with van der Waals surface area (Å²) in [5, 5.41) is 0. The minimum Gasteiger partial charge on any atom is -0.368 e. The molecule has 0 aliphatic carbocycles. The summed E-state index contributed by atoms with van der Waals surface area (Å²) in [6.45, 7) is -0.611. The standard InChI is InChI=1S/C4H8N2O3/c5-3(7)1-9-2-4(6)8/h1-2H2,(H2,5,7)(H2,6,8)/i/hD. The third kappa shape index (κ3) is 6.90. The molecule has 4 N–H and O–H groups in total. The lowest BCUT2D eigenvalue weighted by atomic mass is 10.6. The maximum absolute atomic E-state index is 10.2. The molecule has 0 aliphatic heterocycles. The molecule has 5 nitrogen and oxygen atoms in total. The van der Waals surface area contributed by atoms with Crippen molar-refractivity contribution in [3.8, 4) is 0 Å². The molecule has 0 bridgehead atoms. The predicted molar refractivity (Wildman–Crippen MR) is 29.2 cm³/mol. The lowest BCUT2D eigenvalue weighted by Crippen LogP contribution is -2.24. The van der Waals surface area contributed by atoms with Crippen LogP contribution < -0.4 is 11.5 Å². The van der Waals surface area contributed by atoms with E-state index in [9.17, 15) is 9.59 Å². The molecular weight excluding hydrogens is 124 g/mol. The van der Waals surface area contributed by atoms with Crippen molar-refractivity contribution < 1.29 is 15.7 Å². The maximum Gasteiger partial charge on any atom is 0.243 e. The highest BCUT2D eigenvalue weighted by Gasteiger charge is 1.95. The summed E-state index contributed by atoms with van der Waals surface area (Å²) in [6.07, 6.45) is 0. The normalized spacial score (nSPS) is 10.0. The van der Waals surface area contributed by atoms with Crippen molar-refractivity contribution in [3.05, 3.63) is 0 Å². The van der Waals surface area contributed by atoms with E-state index in [1.807, 2.05) is 0 Å². The summed E-state index contributed by atoms with van der Waals surface area (Å²) < 4.78 is 10.7. The zero-order chi connectivity index (χ0) is 7.98. The fourth-order valence-electron chi connectivity index (χ4n) is 0.244. The van der Waals surface area contributed by atoms with Gasteiger partial charge >= 0.3 is 0 Å². The molecule has 0 fully saturated rings.